The van der Waals surface area contributed by atoms with Crippen molar-refractivity contribution < 1.29 is 23.4 Å². The van der Waals surface area contributed by atoms with E-state index in [9.17, 15) is 4.79 Å². The third-order valence-electron chi connectivity index (χ3n) is 3.73. The van der Waals surface area contributed by atoms with E-state index in [0.29, 0.717) is 34.0 Å². The van der Waals surface area contributed by atoms with Gasteiger partial charge in [0.05, 0.1) is 18.6 Å². The minimum atomic E-state index is -0.202. The Kier molecular flexibility index (Phi) is 4.84. The second-order valence-electron chi connectivity index (χ2n) is 5.48. The van der Waals surface area contributed by atoms with Crippen LogP contribution in [0.1, 0.15) is 0 Å². The van der Waals surface area contributed by atoms with Crippen LogP contribution in [0.5, 0.6) is 17.2 Å². The van der Waals surface area contributed by atoms with Gasteiger partial charge in [-0.05, 0) is 30.3 Å². The van der Waals surface area contributed by atoms with Crippen molar-refractivity contribution in [2.45, 2.75) is 5.22 Å². The van der Waals surface area contributed by atoms with Crippen LogP contribution in [0.3, 0.4) is 0 Å². The molecule has 8 nitrogen and oxygen atoms in total. The van der Waals surface area contributed by atoms with Gasteiger partial charge in [-0.1, -0.05) is 23.9 Å². The number of aromatic nitrogens is 2. The molecule has 4 rings (SSSR count). The zero-order valence-electron chi connectivity index (χ0n) is 14.3. The Morgan fingerprint density at radius 2 is 2.04 bits per heavy atom. The van der Waals surface area contributed by atoms with Gasteiger partial charge in [0.25, 0.3) is 5.22 Å². The van der Waals surface area contributed by atoms with Crippen molar-refractivity contribution in [3.05, 3.63) is 42.5 Å². The summed E-state index contributed by atoms with van der Waals surface area (Å²) in [6.07, 6.45) is 0. The molecule has 0 radical (unpaired) electrons. The Morgan fingerprint density at radius 3 is 2.93 bits per heavy atom. The monoisotopic (exact) mass is 385 g/mol. The first-order valence-corrected chi connectivity index (χ1v) is 9.00. The minimum Gasteiger partial charge on any atom is -0.495 e. The number of carbonyl (C=O) groups is 1. The molecule has 1 N–H and O–H groups in total. The Balaban J connectivity index is 1.37. The predicted octanol–water partition coefficient (Wildman–Crippen LogP) is 3.20. The highest BCUT2D eigenvalue weighted by atomic mass is 32.2. The SMILES string of the molecule is COc1ccccc1NC(=O)CSc1nnc(-c2ccc3c(c2)OCO3)o1. The lowest BCUT2D eigenvalue weighted by molar-refractivity contribution is -0.113. The number of thioether (sulfide) groups is 1. The van der Waals surface area contributed by atoms with Gasteiger partial charge in [0, 0.05) is 5.56 Å². The van der Waals surface area contributed by atoms with Crippen molar-refractivity contribution >= 4 is 23.4 Å². The van der Waals surface area contributed by atoms with Gasteiger partial charge in [-0.2, -0.15) is 0 Å². The van der Waals surface area contributed by atoms with E-state index < -0.39 is 0 Å². The van der Waals surface area contributed by atoms with Crippen LogP contribution >= 0.6 is 11.8 Å². The zero-order valence-corrected chi connectivity index (χ0v) is 15.1. The van der Waals surface area contributed by atoms with E-state index in [2.05, 4.69) is 15.5 Å². The maximum atomic E-state index is 12.2. The first-order chi connectivity index (χ1) is 13.2. The smallest absolute Gasteiger partial charge is 0.277 e. The number of hydrogen-bond donors (Lipinski definition) is 1. The van der Waals surface area contributed by atoms with E-state index in [1.54, 1.807) is 31.4 Å². The summed E-state index contributed by atoms with van der Waals surface area (Å²) in [7, 11) is 1.55. The molecule has 27 heavy (non-hydrogen) atoms. The van der Waals surface area contributed by atoms with Crippen LogP contribution < -0.4 is 19.5 Å². The predicted molar refractivity (Wildman–Crippen MR) is 98.2 cm³/mol. The Hall–Kier alpha value is -3.20. The number of fused-ring (bicyclic) bond motifs is 1. The number of carbonyl (C=O) groups excluding carboxylic acids is 1. The molecule has 0 spiro atoms. The molecule has 0 atom stereocenters. The summed E-state index contributed by atoms with van der Waals surface area (Å²) < 4.78 is 21.4. The fourth-order valence-electron chi connectivity index (χ4n) is 2.48. The molecule has 1 aromatic heterocycles. The molecule has 0 unspecified atom stereocenters. The lowest BCUT2D eigenvalue weighted by Crippen LogP contribution is -2.14. The molecule has 0 bridgehead atoms. The number of nitrogens with zero attached hydrogens (tertiary/aromatic N) is 2. The van der Waals surface area contributed by atoms with Crippen LogP contribution in [0.15, 0.2) is 52.1 Å². The molecule has 9 heteroatoms. The van der Waals surface area contributed by atoms with Crippen molar-refractivity contribution in [2.75, 3.05) is 25.0 Å². The van der Waals surface area contributed by atoms with Crippen LogP contribution in [0.4, 0.5) is 5.69 Å². The zero-order chi connectivity index (χ0) is 18.6. The van der Waals surface area contributed by atoms with Crippen molar-refractivity contribution in [3.63, 3.8) is 0 Å². The summed E-state index contributed by atoms with van der Waals surface area (Å²) in [5.41, 5.74) is 1.33. The molecule has 1 aliphatic heterocycles. The molecule has 2 aromatic carbocycles. The standard InChI is InChI=1S/C18H15N3O5S/c1-23-13-5-3-2-4-12(13)19-16(22)9-27-18-21-20-17(26-18)11-6-7-14-15(8-11)25-10-24-14/h2-8H,9-10H2,1H3,(H,19,22). The van der Waals surface area contributed by atoms with E-state index >= 15 is 0 Å². The van der Waals surface area contributed by atoms with Crippen LogP contribution in [0.25, 0.3) is 11.5 Å². The summed E-state index contributed by atoms with van der Waals surface area (Å²) >= 11 is 1.15. The van der Waals surface area contributed by atoms with E-state index in [1.807, 2.05) is 18.2 Å². The van der Waals surface area contributed by atoms with Crippen molar-refractivity contribution in [1.82, 2.24) is 10.2 Å². The van der Waals surface area contributed by atoms with Gasteiger partial charge < -0.3 is 23.9 Å². The molecular formula is C18H15N3O5S. The second-order valence-corrected chi connectivity index (χ2v) is 6.40. The van der Waals surface area contributed by atoms with E-state index in [-0.39, 0.29) is 18.5 Å². The Labute approximate surface area is 158 Å². The van der Waals surface area contributed by atoms with Crippen LogP contribution in [0.2, 0.25) is 0 Å². The summed E-state index contributed by atoms with van der Waals surface area (Å²) in [6.45, 7) is 0.199. The van der Waals surface area contributed by atoms with Gasteiger partial charge in [-0.3, -0.25) is 4.79 Å². The Morgan fingerprint density at radius 1 is 1.19 bits per heavy atom. The topological polar surface area (TPSA) is 95.7 Å². The van der Waals surface area contributed by atoms with E-state index in [4.69, 9.17) is 18.6 Å². The summed E-state index contributed by atoms with van der Waals surface area (Å²) in [6, 6.07) is 12.6. The van der Waals surface area contributed by atoms with Gasteiger partial charge in [-0.25, -0.2) is 0 Å². The largest absolute Gasteiger partial charge is 0.495 e. The number of para-hydroxylation sites is 2. The molecular weight excluding hydrogens is 370 g/mol. The molecule has 3 aromatic rings. The fraction of sp³-hybridized carbons (Fsp3) is 0.167. The van der Waals surface area contributed by atoms with E-state index in [0.717, 1.165) is 17.3 Å². The summed E-state index contributed by atoms with van der Waals surface area (Å²) in [5.74, 6) is 2.19. The van der Waals surface area contributed by atoms with Crippen molar-refractivity contribution in [3.8, 4) is 28.7 Å². The third kappa shape index (κ3) is 3.82. The molecule has 0 aliphatic carbocycles. The number of benzene rings is 2. The second kappa shape index (κ2) is 7.58. The highest BCUT2D eigenvalue weighted by Gasteiger charge is 2.17. The number of nitrogens with one attached hydrogen (secondary N) is 1. The van der Waals surface area contributed by atoms with Gasteiger partial charge in [-0.15, -0.1) is 10.2 Å². The molecule has 2 heterocycles. The average Bonchev–Trinajstić information content (AvgIpc) is 3.35. The van der Waals surface area contributed by atoms with E-state index in [1.165, 1.54) is 0 Å². The molecule has 1 aliphatic rings. The first kappa shape index (κ1) is 17.2. The highest BCUT2D eigenvalue weighted by Crippen LogP contribution is 2.36. The molecule has 138 valence electrons. The lowest BCUT2D eigenvalue weighted by Gasteiger charge is -2.08. The van der Waals surface area contributed by atoms with Crippen molar-refractivity contribution in [1.29, 1.82) is 0 Å². The van der Waals surface area contributed by atoms with Crippen LogP contribution in [0, 0.1) is 0 Å². The maximum absolute atomic E-state index is 12.2. The third-order valence-corrected chi connectivity index (χ3v) is 4.55. The average molecular weight is 385 g/mol. The normalized spacial score (nSPS) is 12.0. The highest BCUT2D eigenvalue weighted by molar-refractivity contribution is 7.99. The minimum absolute atomic E-state index is 0.126. The number of anilines is 1. The molecule has 1 amide bonds. The molecule has 0 saturated carbocycles. The molecule has 0 fully saturated rings. The van der Waals surface area contributed by atoms with Gasteiger partial charge in [0.15, 0.2) is 11.5 Å². The lowest BCUT2D eigenvalue weighted by atomic mass is 10.2. The van der Waals surface area contributed by atoms with Gasteiger partial charge in [0.2, 0.25) is 18.6 Å². The number of ether oxygens (including phenoxy) is 3. The number of hydrogen-bond acceptors (Lipinski definition) is 8. The van der Waals surface area contributed by atoms with Gasteiger partial charge in [0.1, 0.15) is 5.75 Å². The first-order valence-electron chi connectivity index (χ1n) is 8.02. The van der Waals surface area contributed by atoms with Gasteiger partial charge >= 0.3 is 0 Å². The van der Waals surface area contributed by atoms with Crippen LogP contribution in [-0.4, -0.2) is 35.8 Å². The summed E-state index contributed by atoms with van der Waals surface area (Å²) in [5, 5.41) is 11.1. The maximum Gasteiger partial charge on any atom is 0.277 e. The Bertz CT molecular complexity index is 975. The number of methoxy groups -OCH3 is 1. The number of rotatable bonds is 6. The molecule has 0 saturated heterocycles. The van der Waals surface area contributed by atoms with Crippen LogP contribution in [-0.2, 0) is 4.79 Å². The quantitative estimate of drug-likeness (QED) is 0.646. The number of amides is 1. The van der Waals surface area contributed by atoms with Crippen molar-refractivity contribution in [2.24, 2.45) is 0 Å². The fourth-order valence-corrected chi connectivity index (χ4v) is 3.04. The summed E-state index contributed by atoms with van der Waals surface area (Å²) in [4.78, 5) is 12.2.